The number of carbonyl (C=O) groups excluding carboxylic acids is 1. The van der Waals surface area contributed by atoms with Crippen molar-refractivity contribution < 1.29 is 14.0 Å². The summed E-state index contributed by atoms with van der Waals surface area (Å²) in [6, 6.07) is 5.02. The molecule has 1 aliphatic carbocycles. The highest BCUT2D eigenvalue weighted by atomic mass is 35.5. The number of benzene rings is 1. The fraction of sp³-hybridized carbons (Fsp3) is 0.615. The third-order valence-electron chi connectivity index (χ3n) is 6.96. The summed E-state index contributed by atoms with van der Waals surface area (Å²) in [6.07, 6.45) is 4.60. The molecule has 1 amide bonds. The van der Waals surface area contributed by atoms with Crippen LogP contribution in [0.15, 0.2) is 29.4 Å². The van der Waals surface area contributed by atoms with Crippen molar-refractivity contribution in [2.24, 2.45) is 10.9 Å². The van der Waals surface area contributed by atoms with E-state index in [4.69, 9.17) is 20.8 Å². The molecule has 1 aromatic carbocycles. The summed E-state index contributed by atoms with van der Waals surface area (Å²) in [6.45, 7) is 18.9. The Bertz CT molecular complexity index is 1100. The molecule has 2 aromatic rings. The van der Waals surface area contributed by atoms with Crippen LogP contribution in [-0.4, -0.2) is 32.0 Å². The number of rotatable bonds is 6. The Kier molecular flexibility index (Phi) is 7.93. The van der Waals surface area contributed by atoms with Crippen LogP contribution in [0.5, 0.6) is 5.75 Å². The lowest BCUT2D eigenvalue weighted by molar-refractivity contribution is 0.0442. The van der Waals surface area contributed by atoms with E-state index in [1.807, 2.05) is 0 Å². The normalized spacial score (nSPS) is 19.8. The van der Waals surface area contributed by atoms with Crippen molar-refractivity contribution in [3.63, 3.8) is 0 Å². The van der Waals surface area contributed by atoms with Gasteiger partial charge in [0.15, 0.2) is 13.1 Å². The van der Waals surface area contributed by atoms with Crippen LogP contribution >= 0.6 is 22.9 Å². The molecule has 188 valence electrons. The number of halogens is 1. The van der Waals surface area contributed by atoms with Gasteiger partial charge in [0.05, 0.1) is 12.7 Å². The molecule has 0 aliphatic heterocycles. The van der Waals surface area contributed by atoms with Gasteiger partial charge in [-0.2, -0.15) is 4.99 Å². The maximum absolute atomic E-state index is 13.1. The lowest BCUT2D eigenvalue weighted by Gasteiger charge is -2.45. The van der Waals surface area contributed by atoms with Crippen LogP contribution < -0.4 is 9.54 Å². The first-order chi connectivity index (χ1) is 15.6. The molecule has 5 nitrogen and oxygen atoms in total. The minimum absolute atomic E-state index is 0.0232. The molecule has 1 heterocycles. The summed E-state index contributed by atoms with van der Waals surface area (Å²) < 4.78 is 14.1. The molecule has 34 heavy (non-hydrogen) atoms. The average molecular weight is 523 g/mol. The predicted molar refractivity (Wildman–Crippen MR) is 144 cm³/mol. The SMILES string of the molecule is COc1ccc(Cl)cc1C(=O)/N=c1\sc(C(C)(C)C)cn1C[C@H]1C[C@@H](O[Si](C)(C)C(C)(C)C)C1. The molecule has 3 rings (SSSR count). The maximum atomic E-state index is 13.1. The Balaban J connectivity index is 1.82. The Morgan fingerprint density at radius 1 is 1.21 bits per heavy atom. The van der Waals surface area contributed by atoms with E-state index in [1.54, 1.807) is 36.6 Å². The van der Waals surface area contributed by atoms with Gasteiger partial charge in [-0.15, -0.1) is 11.3 Å². The van der Waals surface area contributed by atoms with E-state index in [0.717, 1.165) is 19.4 Å². The van der Waals surface area contributed by atoms with Crippen LogP contribution in [0.4, 0.5) is 0 Å². The van der Waals surface area contributed by atoms with Crippen LogP contribution in [0, 0.1) is 5.92 Å². The lowest BCUT2D eigenvalue weighted by Crippen LogP contribution is -2.48. The highest BCUT2D eigenvalue weighted by Crippen LogP contribution is 2.42. The van der Waals surface area contributed by atoms with Crippen molar-refractivity contribution in [1.82, 2.24) is 4.57 Å². The van der Waals surface area contributed by atoms with Crippen LogP contribution in [0.1, 0.15) is 69.6 Å². The van der Waals surface area contributed by atoms with Gasteiger partial charge in [0.2, 0.25) is 0 Å². The number of amides is 1. The number of nitrogens with zero attached hydrogens (tertiary/aromatic N) is 2. The topological polar surface area (TPSA) is 52.8 Å². The number of hydrogen-bond donors (Lipinski definition) is 0. The molecule has 0 atom stereocenters. The van der Waals surface area contributed by atoms with E-state index in [1.165, 1.54) is 4.88 Å². The second kappa shape index (κ2) is 9.92. The summed E-state index contributed by atoms with van der Waals surface area (Å²) in [4.78, 5) is 19.5. The number of ether oxygens (including phenoxy) is 1. The molecule has 0 spiro atoms. The first-order valence-electron chi connectivity index (χ1n) is 11.9. The van der Waals surface area contributed by atoms with Gasteiger partial charge in [0.1, 0.15) is 5.75 Å². The van der Waals surface area contributed by atoms with Crippen molar-refractivity contribution in [3.8, 4) is 5.75 Å². The molecule has 0 N–H and O–H groups in total. The van der Waals surface area contributed by atoms with Crippen molar-refractivity contribution in [2.45, 2.75) is 90.6 Å². The molecule has 0 bridgehead atoms. The fourth-order valence-corrected chi connectivity index (χ4v) is 6.34. The zero-order valence-corrected chi connectivity index (χ0v) is 24.6. The zero-order valence-electron chi connectivity index (χ0n) is 22.0. The first kappa shape index (κ1) is 27.2. The van der Waals surface area contributed by atoms with Gasteiger partial charge >= 0.3 is 0 Å². The predicted octanol–water partition coefficient (Wildman–Crippen LogP) is 7.05. The third-order valence-corrected chi connectivity index (χ3v) is 13.2. The van der Waals surface area contributed by atoms with Gasteiger partial charge < -0.3 is 13.7 Å². The van der Waals surface area contributed by atoms with Gasteiger partial charge in [-0.1, -0.05) is 53.1 Å². The summed E-state index contributed by atoms with van der Waals surface area (Å²) in [5, 5.41) is 0.700. The highest BCUT2D eigenvalue weighted by Gasteiger charge is 2.42. The minimum atomic E-state index is -1.75. The van der Waals surface area contributed by atoms with E-state index < -0.39 is 8.32 Å². The Morgan fingerprint density at radius 2 is 1.85 bits per heavy atom. The molecule has 1 aromatic heterocycles. The minimum Gasteiger partial charge on any atom is -0.496 e. The van der Waals surface area contributed by atoms with E-state index in [-0.39, 0.29) is 16.4 Å². The number of methoxy groups -OCH3 is 1. The zero-order chi connectivity index (χ0) is 25.5. The molecule has 1 saturated carbocycles. The van der Waals surface area contributed by atoms with Crippen LogP contribution in [0.3, 0.4) is 0 Å². The van der Waals surface area contributed by atoms with Crippen molar-refractivity contribution in [1.29, 1.82) is 0 Å². The maximum Gasteiger partial charge on any atom is 0.283 e. The van der Waals surface area contributed by atoms with Crippen LogP contribution in [-0.2, 0) is 16.4 Å². The van der Waals surface area contributed by atoms with Crippen LogP contribution in [0.25, 0.3) is 0 Å². The highest BCUT2D eigenvalue weighted by molar-refractivity contribution is 7.09. The van der Waals surface area contributed by atoms with E-state index in [0.29, 0.717) is 33.2 Å². The number of aromatic nitrogens is 1. The summed E-state index contributed by atoms with van der Waals surface area (Å²) >= 11 is 7.71. The summed E-state index contributed by atoms with van der Waals surface area (Å²) in [5.74, 6) is 0.650. The fourth-order valence-electron chi connectivity index (χ4n) is 3.73. The molecule has 8 heteroatoms. The summed E-state index contributed by atoms with van der Waals surface area (Å²) in [7, 11) is -0.211. The molecule has 0 unspecified atom stereocenters. The van der Waals surface area contributed by atoms with Crippen molar-refractivity contribution in [2.75, 3.05) is 7.11 Å². The van der Waals surface area contributed by atoms with E-state index in [9.17, 15) is 4.79 Å². The third kappa shape index (κ3) is 6.22. The number of thiazole rings is 1. The van der Waals surface area contributed by atoms with E-state index >= 15 is 0 Å². The molecule has 0 radical (unpaired) electrons. The standard InChI is InChI=1S/C26H39ClN2O3SSi/c1-25(2,3)22-16-29(15-17-12-19(13-17)32-34(8,9)26(4,5)6)24(33-22)28-23(30)20-14-18(27)10-11-21(20)31-7/h10-11,14,16-17,19H,12-13,15H2,1-9H3/b28-24-/t17-,19+. The number of carbonyl (C=O) groups is 1. The Hall–Kier alpha value is -1.41. The molecule has 0 saturated heterocycles. The lowest BCUT2D eigenvalue weighted by atomic mass is 9.82. The Labute approximate surface area is 214 Å². The van der Waals surface area contributed by atoms with Gasteiger partial charge in [0.25, 0.3) is 5.91 Å². The van der Waals surface area contributed by atoms with Gasteiger partial charge in [0, 0.05) is 28.7 Å². The monoisotopic (exact) mass is 522 g/mol. The van der Waals surface area contributed by atoms with Gasteiger partial charge in [-0.05, 0) is 60.5 Å². The Morgan fingerprint density at radius 3 is 2.41 bits per heavy atom. The molecule has 1 aliphatic rings. The number of hydrogen-bond acceptors (Lipinski definition) is 4. The smallest absolute Gasteiger partial charge is 0.283 e. The van der Waals surface area contributed by atoms with Gasteiger partial charge in [-0.3, -0.25) is 4.79 Å². The van der Waals surface area contributed by atoms with Crippen molar-refractivity contribution in [3.05, 3.63) is 44.7 Å². The first-order valence-corrected chi connectivity index (χ1v) is 16.0. The quantitative estimate of drug-likeness (QED) is 0.382. The molecule has 1 fully saturated rings. The second-order valence-electron chi connectivity index (χ2n) is 11.9. The van der Waals surface area contributed by atoms with Gasteiger partial charge in [-0.25, -0.2) is 0 Å². The largest absolute Gasteiger partial charge is 0.496 e. The van der Waals surface area contributed by atoms with E-state index in [2.05, 4.69) is 70.4 Å². The van der Waals surface area contributed by atoms with Crippen molar-refractivity contribution >= 4 is 37.2 Å². The summed E-state index contributed by atoms with van der Waals surface area (Å²) in [5.41, 5.74) is 0.351. The average Bonchev–Trinajstić information content (AvgIpc) is 3.08. The molecular weight excluding hydrogens is 484 g/mol. The van der Waals surface area contributed by atoms with Crippen LogP contribution in [0.2, 0.25) is 23.2 Å². The second-order valence-corrected chi connectivity index (χ2v) is 18.1. The molecular formula is C26H39ClN2O3SSi.